The molecule has 19 heavy (non-hydrogen) atoms. The fourth-order valence-electron chi connectivity index (χ4n) is 1.37. The summed E-state index contributed by atoms with van der Waals surface area (Å²) in [5.74, 6) is 0.283. The smallest absolute Gasteiger partial charge is 0.115 e. The molecule has 2 heteroatoms. The molecule has 0 saturated heterocycles. The molecule has 0 atom stereocenters. The Morgan fingerprint density at radius 2 is 1.74 bits per heavy atom. The molecule has 1 aromatic rings. The van der Waals surface area contributed by atoms with Crippen molar-refractivity contribution in [1.82, 2.24) is 4.90 Å². The van der Waals surface area contributed by atoms with Crippen LogP contribution in [-0.2, 0) is 0 Å². The maximum atomic E-state index is 9.22. The summed E-state index contributed by atoms with van der Waals surface area (Å²) in [6, 6.07) is 7.11. The van der Waals surface area contributed by atoms with Crippen LogP contribution in [0.3, 0.4) is 0 Å². The van der Waals surface area contributed by atoms with E-state index in [1.165, 1.54) is 0 Å². The van der Waals surface area contributed by atoms with Crippen molar-refractivity contribution in [3.05, 3.63) is 72.0 Å². The van der Waals surface area contributed by atoms with Gasteiger partial charge in [0.05, 0.1) is 0 Å². The Labute approximate surface area is 115 Å². The highest BCUT2D eigenvalue weighted by Gasteiger charge is 1.91. The predicted octanol–water partition coefficient (Wildman–Crippen LogP) is 3.98. The quantitative estimate of drug-likeness (QED) is 0.804. The summed E-state index contributed by atoms with van der Waals surface area (Å²) >= 11 is 0. The maximum Gasteiger partial charge on any atom is 0.115 e. The number of nitrogens with zero attached hydrogens (tertiary/aromatic N) is 1. The summed E-state index contributed by atoms with van der Waals surface area (Å²) in [5.41, 5.74) is 3.12. The largest absolute Gasteiger partial charge is 0.508 e. The van der Waals surface area contributed by atoms with Crippen molar-refractivity contribution < 1.29 is 5.11 Å². The van der Waals surface area contributed by atoms with Gasteiger partial charge in [0.2, 0.25) is 0 Å². The molecule has 2 nitrogen and oxygen atoms in total. The molecule has 0 aliphatic rings. The fourth-order valence-corrected chi connectivity index (χ4v) is 1.37. The summed E-state index contributed by atoms with van der Waals surface area (Å²) < 4.78 is 0. The van der Waals surface area contributed by atoms with Gasteiger partial charge >= 0.3 is 0 Å². The van der Waals surface area contributed by atoms with Crippen LogP contribution in [0, 0.1) is 0 Å². The van der Waals surface area contributed by atoms with Crippen LogP contribution < -0.4 is 0 Å². The van der Waals surface area contributed by atoms with Gasteiger partial charge in [-0.15, -0.1) is 0 Å². The first-order valence-electron chi connectivity index (χ1n) is 6.20. The van der Waals surface area contributed by atoms with Crippen molar-refractivity contribution in [3.8, 4) is 5.75 Å². The molecular formula is C17H21NO. The Morgan fingerprint density at radius 1 is 1.11 bits per heavy atom. The van der Waals surface area contributed by atoms with Gasteiger partial charge in [0, 0.05) is 19.8 Å². The van der Waals surface area contributed by atoms with E-state index in [0.29, 0.717) is 0 Å². The van der Waals surface area contributed by atoms with Gasteiger partial charge < -0.3 is 10.0 Å². The number of rotatable bonds is 5. The van der Waals surface area contributed by atoms with E-state index in [-0.39, 0.29) is 5.75 Å². The Balaban J connectivity index is 2.73. The minimum Gasteiger partial charge on any atom is -0.508 e. The van der Waals surface area contributed by atoms with Gasteiger partial charge in [0.1, 0.15) is 5.75 Å². The van der Waals surface area contributed by atoms with Gasteiger partial charge in [-0.25, -0.2) is 0 Å². The second-order valence-corrected chi connectivity index (χ2v) is 4.43. The van der Waals surface area contributed by atoms with Crippen LogP contribution in [0.5, 0.6) is 5.75 Å². The summed E-state index contributed by atoms with van der Waals surface area (Å²) in [4.78, 5) is 1.97. The van der Waals surface area contributed by atoms with Crippen LogP contribution in [0.15, 0.2) is 66.4 Å². The molecule has 1 aromatic carbocycles. The summed E-state index contributed by atoms with van der Waals surface area (Å²) in [5, 5.41) is 9.22. The van der Waals surface area contributed by atoms with E-state index in [9.17, 15) is 5.11 Å². The summed E-state index contributed by atoms with van der Waals surface area (Å²) in [7, 11) is 3.93. The standard InChI is InChI=1S/C17H21NO/c1-5-15(7-6-14(2)18(3)4)8-9-16-10-12-17(19)13-11-16/h5-13,19H,2H2,1,3-4H3/b7-6-,9-8+,15-5+. The van der Waals surface area contributed by atoms with E-state index in [4.69, 9.17) is 0 Å². The molecule has 0 aromatic heterocycles. The highest BCUT2D eigenvalue weighted by Crippen LogP contribution is 2.12. The van der Waals surface area contributed by atoms with E-state index >= 15 is 0 Å². The first-order valence-corrected chi connectivity index (χ1v) is 6.20. The van der Waals surface area contributed by atoms with Crippen molar-refractivity contribution in [3.63, 3.8) is 0 Å². The van der Waals surface area contributed by atoms with Gasteiger partial charge in [-0.05, 0) is 36.3 Å². The Bertz CT molecular complexity index is 505. The molecule has 0 saturated carbocycles. The number of benzene rings is 1. The van der Waals surface area contributed by atoms with Crippen molar-refractivity contribution in [2.24, 2.45) is 0 Å². The minimum absolute atomic E-state index is 0.283. The van der Waals surface area contributed by atoms with Crippen molar-refractivity contribution in [2.75, 3.05) is 14.1 Å². The molecule has 0 spiro atoms. The van der Waals surface area contributed by atoms with Crippen LogP contribution in [0.25, 0.3) is 6.08 Å². The summed E-state index contributed by atoms with van der Waals surface area (Å²) in [6.45, 7) is 5.95. The van der Waals surface area contributed by atoms with Gasteiger partial charge in [-0.3, -0.25) is 0 Å². The molecule has 0 heterocycles. The lowest BCUT2D eigenvalue weighted by Gasteiger charge is -2.11. The van der Waals surface area contributed by atoms with Crippen LogP contribution in [0.4, 0.5) is 0 Å². The van der Waals surface area contributed by atoms with Gasteiger partial charge in [0.15, 0.2) is 0 Å². The van der Waals surface area contributed by atoms with E-state index in [1.54, 1.807) is 12.1 Å². The average molecular weight is 255 g/mol. The maximum absolute atomic E-state index is 9.22. The molecule has 1 rings (SSSR count). The summed E-state index contributed by atoms with van der Waals surface area (Å²) in [6.07, 6.45) is 10.1. The van der Waals surface area contributed by atoms with E-state index < -0.39 is 0 Å². The monoisotopic (exact) mass is 255 g/mol. The average Bonchev–Trinajstić information content (AvgIpc) is 2.40. The number of phenols is 1. The van der Waals surface area contributed by atoms with Gasteiger partial charge in [0.25, 0.3) is 0 Å². The third kappa shape index (κ3) is 5.30. The van der Waals surface area contributed by atoms with Gasteiger partial charge in [-0.2, -0.15) is 0 Å². The third-order valence-corrected chi connectivity index (χ3v) is 2.74. The Morgan fingerprint density at radius 3 is 2.26 bits per heavy atom. The zero-order chi connectivity index (χ0) is 14.3. The number of aromatic hydroxyl groups is 1. The van der Waals surface area contributed by atoms with E-state index in [1.807, 2.05) is 68.4 Å². The van der Waals surface area contributed by atoms with Crippen molar-refractivity contribution in [2.45, 2.75) is 6.92 Å². The molecule has 0 aliphatic heterocycles. The molecule has 0 radical (unpaired) electrons. The topological polar surface area (TPSA) is 23.5 Å². The molecule has 0 bridgehead atoms. The van der Waals surface area contributed by atoms with Crippen molar-refractivity contribution >= 4 is 6.08 Å². The SMILES string of the molecule is C=C(\C=C/C(=C\C)/C=C/c1ccc(O)cc1)N(C)C. The molecule has 0 fully saturated rings. The normalized spacial score (nSPS) is 12.3. The minimum atomic E-state index is 0.283. The highest BCUT2D eigenvalue weighted by molar-refractivity contribution is 5.55. The first kappa shape index (κ1) is 14.8. The first-order chi connectivity index (χ1) is 9.02. The van der Waals surface area contributed by atoms with Gasteiger partial charge in [-0.1, -0.05) is 43.0 Å². The second kappa shape index (κ2) is 7.27. The van der Waals surface area contributed by atoms with E-state index in [2.05, 4.69) is 6.58 Å². The number of likely N-dealkylation sites (N-methyl/N-ethyl adjacent to an activating group) is 1. The third-order valence-electron chi connectivity index (χ3n) is 2.74. The number of allylic oxidation sites excluding steroid dienone is 5. The molecule has 0 unspecified atom stereocenters. The molecule has 0 aliphatic carbocycles. The lowest BCUT2D eigenvalue weighted by atomic mass is 10.1. The lowest BCUT2D eigenvalue weighted by Crippen LogP contribution is -2.07. The fraction of sp³-hybridized carbons (Fsp3) is 0.176. The zero-order valence-electron chi connectivity index (χ0n) is 11.8. The van der Waals surface area contributed by atoms with Crippen LogP contribution >= 0.6 is 0 Å². The molecular weight excluding hydrogens is 234 g/mol. The highest BCUT2D eigenvalue weighted by atomic mass is 16.3. The zero-order valence-corrected chi connectivity index (χ0v) is 11.8. The van der Waals surface area contributed by atoms with E-state index in [0.717, 1.165) is 16.8 Å². The number of hydrogen-bond acceptors (Lipinski definition) is 2. The molecule has 0 amide bonds. The second-order valence-electron chi connectivity index (χ2n) is 4.43. The molecule has 100 valence electrons. The lowest BCUT2D eigenvalue weighted by molar-refractivity contribution is 0.475. The Kier molecular flexibility index (Phi) is 5.68. The van der Waals surface area contributed by atoms with Crippen LogP contribution in [0.2, 0.25) is 0 Å². The Hall–Kier alpha value is -2.22. The van der Waals surface area contributed by atoms with Crippen LogP contribution in [-0.4, -0.2) is 24.1 Å². The predicted molar refractivity (Wildman–Crippen MR) is 82.9 cm³/mol. The number of phenolic OH excluding ortho intramolecular Hbond substituents is 1. The molecule has 1 N–H and O–H groups in total. The van der Waals surface area contributed by atoms with Crippen molar-refractivity contribution in [1.29, 1.82) is 0 Å². The van der Waals surface area contributed by atoms with Crippen LogP contribution in [0.1, 0.15) is 12.5 Å². The number of hydrogen-bond donors (Lipinski definition) is 1.